The van der Waals surface area contributed by atoms with Crippen molar-refractivity contribution in [2.45, 2.75) is 12.5 Å². The van der Waals surface area contributed by atoms with Crippen molar-refractivity contribution in [3.63, 3.8) is 0 Å². The van der Waals surface area contributed by atoms with Gasteiger partial charge in [-0.2, -0.15) is 11.8 Å². The first-order valence-corrected chi connectivity index (χ1v) is 11.3. The van der Waals surface area contributed by atoms with Crippen LogP contribution in [-0.2, 0) is 14.3 Å². The van der Waals surface area contributed by atoms with E-state index in [1.54, 1.807) is 42.1 Å². The molecule has 0 fully saturated rings. The van der Waals surface area contributed by atoms with Gasteiger partial charge in [0.15, 0.2) is 6.61 Å². The average Bonchev–Trinajstić information content (AvgIpc) is 2.81. The molecule has 6 nitrogen and oxygen atoms in total. The van der Waals surface area contributed by atoms with E-state index in [0.29, 0.717) is 23.4 Å². The van der Waals surface area contributed by atoms with Crippen LogP contribution in [-0.4, -0.2) is 42.4 Å². The third kappa shape index (κ3) is 6.33. The second kappa shape index (κ2) is 11.2. The molecular weight excluding hydrogens is 412 g/mol. The lowest BCUT2D eigenvalue weighted by Crippen LogP contribution is -2.43. The average molecular weight is 437 g/mol. The highest BCUT2D eigenvalue weighted by Crippen LogP contribution is 2.22. The minimum absolute atomic E-state index is 0.358. The molecule has 0 aliphatic carbocycles. The SMILES string of the molecule is CSCC[C@@H](NC(=O)c1ccccc1)C(=O)OCC(=O)Nc1cccc2ccccc12. The quantitative estimate of drug-likeness (QED) is 0.498. The van der Waals surface area contributed by atoms with E-state index in [1.807, 2.05) is 48.7 Å². The van der Waals surface area contributed by atoms with Crippen LogP contribution in [0.2, 0.25) is 0 Å². The van der Waals surface area contributed by atoms with Crippen LogP contribution in [0.25, 0.3) is 10.8 Å². The fourth-order valence-electron chi connectivity index (χ4n) is 3.07. The molecule has 0 radical (unpaired) electrons. The van der Waals surface area contributed by atoms with Gasteiger partial charge in [0.2, 0.25) is 0 Å². The third-order valence-electron chi connectivity index (χ3n) is 4.65. The van der Waals surface area contributed by atoms with Crippen LogP contribution in [0.5, 0.6) is 0 Å². The number of amides is 2. The molecule has 0 heterocycles. The number of hydrogen-bond acceptors (Lipinski definition) is 5. The van der Waals surface area contributed by atoms with Gasteiger partial charge in [0.25, 0.3) is 11.8 Å². The maximum Gasteiger partial charge on any atom is 0.329 e. The number of esters is 1. The Morgan fingerprint density at radius 1 is 0.935 bits per heavy atom. The molecule has 3 rings (SSSR count). The van der Waals surface area contributed by atoms with Gasteiger partial charge in [-0.25, -0.2) is 4.79 Å². The van der Waals surface area contributed by atoms with Gasteiger partial charge in [0.1, 0.15) is 6.04 Å². The predicted molar refractivity (Wildman–Crippen MR) is 124 cm³/mol. The second-order valence-electron chi connectivity index (χ2n) is 6.86. The van der Waals surface area contributed by atoms with Gasteiger partial charge in [-0.05, 0) is 42.0 Å². The summed E-state index contributed by atoms with van der Waals surface area (Å²) in [6.45, 7) is -0.432. The lowest BCUT2D eigenvalue weighted by atomic mass is 10.1. The van der Waals surface area contributed by atoms with Crippen molar-refractivity contribution in [1.29, 1.82) is 0 Å². The van der Waals surface area contributed by atoms with Gasteiger partial charge in [-0.1, -0.05) is 54.6 Å². The fourth-order valence-corrected chi connectivity index (χ4v) is 3.55. The Morgan fingerprint density at radius 2 is 1.65 bits per heavy atom. The van der Waals surface area contributed by atoms with Gasteiger partial charge in [0, 0.05) is 16.6 Å². The molecule has 3 aromatic carbocycles. The molecule has 0 aliphatic heterocycles. The van der Waals surface area contributed by atoms with Crippen LogP contribution >= 0.6 is 11.8 Å². The Kier molecular flexibility index (Phi) is 8.06. The number of anilines is 1. The zero-order valence-corrected chi connectivity index (χ0v) is 18.0. The normalized spacial score (nSPS) is 11.5. The van der Waals surface area contributed by atoms with E-state index >= 15 is 0 Å². The van der Waals surface area contributed by atoms with E-state index in [4.69, 9.17) is 4.74 Å². The number of carbonyl (C=O) groups excluding carboxylic acids is 3. The molecule has 0 aliphatic rings. The van der Waals surface area contributed by atoms with Crippen molar-refractivity contribution in [3.8, 4) is 0 Å². The number of fused-ring (bicyclic) bond motifs is 1. The number of rotatable bonds is 9. The Labute approximate surface area is 185 Å². The van der Waals surface area contributed by atoms with Crippen LogP contribution in [0.3, 0.4) is 0 Å². The van der Waals surface area contributed by atoms with Gasteiger partial charge < -0.3 is 15.4 Å². The lowest BCUT2D eigenvalue weighted by molar-refractivity contribution is -0.149. The van der Waals surface area contributed by atoms with E-state index < -0.39 is 24.5 Å². The van der Waals surface area contributed by atoms with Gasteiger partial charge in [0.05, 0.1) is 0 Å². The maximum absolute atomic E-state index is 12.6. The summed E-state index contributed by atoms with van der Waals surface area (Å²) >= 11 is 1.56. The Bertz CT molecular complexity index is 1050. The summed E-state index contributed by atoms with van der Waals surface area (Å²) in [5.41, 5.74) is 1.11. The largest absolute Gasteiger partial charge is 0.454 e. The molecule has 0 saturated carbocycles. The molecule has 0 bridgehead atoms. The van der Waals surface area contributed by atoms with Gasteiger partial charge >= 0.3 is 5.97 Å². The first-order valence-electron chi connectivity index (χ1n) is 9.87. The highest BCUT2D eigenvalue weighted by molar-refractivity contribution is 7.98. The number of thioether (sulfide) groups is 1. The molecule has 0 unspecified atom stereocenters. The van der Waals surface area contributed by atoms with Crippen molar-refractivity contribution >= 4 is 46.0 Å². The molecule has 0 spiro atoms. The summed E-state index contributed by atoms with van der Waals surface area (Å²) in [5, 5.41) is 7.39. The predicted octanol–water partition coefficient (Wildman–Crippen LogP) is 3.87. The first-order chi connectivity index (χ1) is 15.1. The summed E-state index contributed by atoms with van der Waals surface area (Å²) in [5.74, 6) is -0.769. The van der Waals surface area contributed by atoms with E-state index in [9.17, 15) is 14.4 Å². The number of hydrogen-bond donors (Lipinski definition) is 2. The standard InChI is InChI=1S/C24H24N2O4S/c1-31-15-14-21(26-23(28)18-9-3-2-4-10-18)24(29)30-16-22(27)25-20-13-7-11-17-8-5-6-12-19(17)20/h2-13,21H,14-16H2,1H3,(H,25,27)(H,26,28)/t21-/m1/s1. The van der Waals surface area contributed by atoms with Crippen LogP contribution in [0, 0.1) is 0 Å². The first kappa shape index (κ1) is 22.4. The van der Waals surface area contributed by atoms with Crippen molar-refractivity contribution in [2.24, 2.45) is 0 Å². The van der Waals surface area contributed by atoms with E-state index in [-0.39, 0.29) is 5.91 Å². The minimum Gasteiger partial charge on any atom is -0.454 e. The van der Waals surface area contributed by atoms with Crippen molar-refractivity contribution in [3.05, 3.63) is 78.4 Å². The molecule has 160 valence electrons. The van der Waals surface area contributed by atoms with E-state index in [1.165, 1.54) is 0 Å². The second-order valence-corrected chi connectivity index (χ2v) is 7.84. The zero-order valence-electron chi connectivity index (χ0n) is 17.2. The molecule has 3 aromatic rings. The fraction of sp³-hybridized carbons (Fsp3) is 0.208. The van der Waals surface area contributed by atoms with Crippen molar-refractivity contribution in [2.75, 3.05) is 23.9 Å². The highest BCUT2D eigenvalue weighted by Gasteiger charge is 2.23. The topological polar surface area (TPSA) is 84.5 Å². The number of benzene rings is 3. The van der Waals surface area contributed by atoms with Crippen molar-refractivity contribution < 1.29 is 19.1 Å². The molecule has 0 saturated heterocycles. The smallest absolute Gasteiger partial charge is 0.329 e. The molecular formula is C24H24N2O4S. The number of nitrogens with one attached hydrogen (secondary N) is 2. The molecule has 7 heteroatoms. The van der Waals surface area contributed by atoms with Crippen LogP contribution in [0.4, 0.5) is 5.69 Å². The summed E-state index contributed by atoms with van der Waals surface area (Å²) < 4.78 is 5.21. The summed E-state index contributed by atoms with van der Waals surface area (Å²) in [7, 11) is 0. The maximum atomic E-state index is 12.6. The molecule has 2 amide bonds. The molecule has 0 aromatic heterocycles. The van der Waals surface area contributed by atoms with Crippen LogP contribution < -0.4 is 10.6 Å². The summed E-state index contributed by atoms with van der Waals surface area (Å²) in [4.78, 5) is 37.3. The zero-order chi connectivity index (χ0) is 22.1. The monoisotopic (exact) mass is 436 g/mol. The van der Waals surface area contributed by atoms with E-state index in [0.717, 1.165) is 10.8 Å². The van der Waals surface area contributed by atoms with E-state index in [2.05, 4.69) is 10.6 Å². The Morgan fingerprint density at radius 3 is 2.42 bits per heavy atom. The number of ether oxygens (including phenoxy) is 1. The van der Waals surface area contributed by atoms with Gasteiger partial charge in [-0.15, -0.1) is 0 Å². The molecule has 1 atom stereocenters. The Balaban J connectivity index is 1.59. The molecule has 2 N–H and O–H groups in total. The number of carbonyl (C=O) groups is 3. The molecule has 31 heavy (non-hydrogen) atoms. The lowest BCUT2D eigenvalue weighted by Gasteiger charge is -2.17. The summed E-state index contributed by atoms with van der Waals surface area (Å²) in [6.07, 6.45) is 2.32. The van der Waals surface area contributed by atoms with Crippen molar-refractivity contribution in [1.82, 2.24) is 5.32 Å². The van der Waals surface area contributed by atoms with Crippen LogP contribution in [0.15, 0.2) is 72.8 Å². The third-order valence-corrected chi connectivity index (χ3v) is 5.29. The highest BCUT2D eigenvalue weighted by atomic mass is 32.2. The Hall–Kier alpha value is -3.32. The summed E-state index contributed by atoms with van der Waals surface area (Å²) in [6, 6.07) is 21.1. The van der Waals surface area contributed by atoms with Crippen LogP contribution in [0.1, 0.15) is 16.8 Å². The minimum atomic E-state index is -0.828. The van der Waals surface area contributed by atoms with Gasteiger partial charge in [-0.3, -0.25) is 9.59 Å².